The second kappa shape index (κ2) is 8.46. The topological polar surface area (TPSA) is 50.4 Å². The zero-order valence-corrected chi connectivity index (χ0v) is 14.5. The summed E-state index contributed by atoms with van der Waals surface area (Å²) in [5.41, 5.74) is 1.45. The number of halogens is 2. The highest BCUT2D eigenvalue weighted by Crippen LogP contribution is 2.20. The lowest BCUT2D eigenvalue weighted by molar-refractivity contribution is 0.233. The third kappa shape index (κ3) is 4.92. The van der Waals surface area contributed by atoms with Crippen LogP contribution in [0.4, 0.5) is 13.6 Å². The fraction of sp³-hybridized carbons (Fsp3) is 0.316. The van der Waals surface area contributed by atoms with Crippen LogP contribution >= 0.6 is 0 Å². The van der Waals surface area contributed by atoms with E-state index in [1.807, 2.05) is 31.2 Å². The highest BCUT2D eigenvalue weighted by molar-refractivity contribution is 5.75. The molecule has 2 rings (SSSR count). The predicted octanol–water partition coefficient (Wildman–Crippen LogP) is 4.48. The van der Waals surface area contributed by atoms with Crippen LogP contribution in [0.15, 0.2) is 42.5 Å². The van der Waals surface area contributed by atoms with Crippen molar-refractivity contribution in [1.29, 1.82) is 0 Å². The van der Waals surface area contributed by atoms with Crippen LogP contribution in [0.1, 0.15) is 43.5 Å². The number of nitrogens with one attached hydrogen (secondary N) is 2. The number of methoxy groups -OCH3 is 1. The molecule has 2 aromatic rings. The van der Waals surface area contributed by atoms with E-state index in [9.17, 15) is 13.6 Å². The monoisotopic (exact) mass is 348 g/mol. The number of rotatable bonds is 6. The summed E-state index contributed by atoms with van der Waals surface area (Å²) in [4.78, 5) is 12.2. The van der Waals surface area contributed by atoms with E-state index < -0.39 is 17.7 Å². The molecule has 2 atom stereocenters. The van der Waals surface area contributed by atoms with E-state index in [0.29, 0.717) is 12.0 Å². The van der Waals surface area contributed by atoms with Gasteiger partial charge in [-0.25, -0.2) is 13.6 Å². The molecule has 0 aliphatic carbocycles. The molecule has 2 N–H and O–H groups in total. The molecule has 0 saturated heterocycles. The van der Waals surface area contributed by atoms with Crippen LogP contribution < -0.4 is 15.4 Å². The Balaban J connectivity index is 1.99. The summed E-state index contributed by atoms with van der Waals surface area (Å²) in [6.07, 6.45) is 0.708. The third-order valence-corrected chi connectivity index (χ3v) is 4.02. The van der Waals surface area contributed by atoms with Crippen molar-refractivity contribution in [2.75, 3.05) is 7.11 Å². The van der Waals surface area contributed by atoms with E-state index in [1.54, 1.807) is 14.0 Å². The van der Waals surface area contributed by atoms with Crippen LogP contribution in [-0.4, -0.2) is 13.1 Å². The summed E-state index contributed by atoms with van der Waals surface area (Å²) in [6.45, 7) is 3.68. The van der Waals surface area contributed by atoms with Crippen molar-refractivity contribution in [3.63, 3.8) is 0 Å². The fourth-order valence-corrected chi connectivity index (χ4v) is 2.52. The van der Waals surface area contributed by atoms with Gasteiger partial charge < -0.3 is 15.4 Å². The molecule has 0 bridgehead atoms. The maximum atomic E-state index is 13.3. The number of hydrogen-bond donors (Lipinski definition) is 2. The van der Waals surface area contributed by atoms with Gasteiger partial charge in [0, 0.05) is 0 Å². The number of carbonyl (C=O) groups excluding carboxylic acids is 1. The van der Waals surface area contributed by atoms with E-state index >= 15 is 0 Å². The molecule has 2 unspecified atom stereocenters. The van der Waals surface area contributed by atoms with Crippen LogP contribution in [0.2, 0.25) is 0 Å². The van der Waals surface area contributed by atoms with Gasteiger partial charge in [-0.3, -0.25) is 0 Å². The molecule has 0 fully saturated rings. The molecular formula is C19H22F2N2O2. The van der Waals surface area contributed by atoms with Crippen molar-refractivity contribution < 1.29 is 18.3 Å². The van der Waals surface area contributed by atoms with Gasteiger partial charge in [0.2, 0.25) is 0 Å². The summed E-state index contributed by atoms with van der Waals surface area (Å²) in [5, 5.41) is 5.62. The minimum atomic E-state index is -0.934. The summed E-state index contributed by atoms with van der Waals surface area (Å²) in [5.74, 6) is -1.10. The Morgan fingerprint density at radius 1 is 1.04 bits per heavy atom. The number of carbonyl (C=O) groups is 1. The van der Waals surface area contributed by atoms with Crippen LogP contribution in [0.3, 0.4) is 0 Å². The van der Waals surface area contributed by atoms with Gasteiger partial charge in [-0.2, -0.15) is 0 Å². The minimum Gasteiger partial charge on any atom is -0.497 e. The summed E-state index contributed by atoms with van der Waals surface area (Å²) in [6, 6.07) is 10.0. The molecule has 2 amide bonds. The smallest absolute Gasteiger partial charge is 0.315 e. The van der Waals surface area contributed by atoms with Crippen molar-refractivity contribution in [3.05, 3.63) is 65.2 Å². The van der Waals surface area contributed by atoms with Crippen LogP contribution in [0, 0.1) is 11.6 Å². The highest BCUT2D eigenvalue weighted by Gasteiger charge is 2.16. The van der Waals surface area contributed by atoms with Gasteiger partial charge in [-0.1, -0.05) is 25.1 Å². The van der Waals surface area contributed by atoms with E-state index in [-0.39, 0.29) is 12.1 Å². The Kier molecular flexibility index (Phi) is 6.33. The third-order valence-electron chi connectivity index (χ3n) is 4.02. The molecule has 2 aromatic carbocycles. The zero-order chi connectivity index (χ0) is 18.4. The molecule has 0 saturated carbocycles. The maximum absolute atomic E-state index is 13.3. The average Bonchev–Trinajstić information content (AvgIpc) is 2.62. The molecule has 0 spiro atoms. The molecule has 0 aromatic heterocycles. The van der Waals surface area contributed by atoms with Gasteiger partial charge in [0.05, 0.1) is 19.2 Å². The first kappa shape index (κ1) is 18.7. The first-order valence-electron chi connectivity index (χ1n) is 8.10. The van der Waals surface area contributed by atoms with Crippen LogP contribution in [-0.2, 0) is 0 Å². The van der Waals surface area contributed by atoms with Crippen molar-refractivity contribution in [1.82, 2.24) is 10.6 Å². The number of benzene rings is 2. The van der Waals surface area contributed by atoms with Gasteiger partial charge in [0.1, 0.15) is 5.75 Å². The van der Waals surface area contributed by atoms with Crippen LogP contribution in [0.25, 0.3) is 0 Å². The fourth-order valence-electron chi connectivity index (χ4n) is 2.52. The summed E-state index contributed by atoms with van der Waals surface area (Å²) >= 11 is 0. The van der Waals surface area contributed by atoms with Gasteiger partial charge in [-0.15, -0.1) is 0 Å². The Hall–Kier alpha value is -2.63. The maximum Gasteiger partial charge on any atom is 0.315 e. The second-order valence-corrected chi connectivity index (χ2v) is 5.75. The Morgan fingerprint density at radius 2 is 1.68 bits per heavy atom. The Labute approximate surface area is 146 Å². The molecule has 0 aliphatic heterocycles. The normalized spacial score (nSPS) is 13.0. The number of urea groups is 1. The van der Waals surface area contributed by atoms with Crippen molar-refractivity contribution in [3.8, 4) is 5.75 Å². The van der Waals surface area contributed by atoms with E-state index in [1.165, 1.54) is 6.07 Å². The SMILES string of the molecule is CCC(NC(=O)NC(C)c1ccc(F)c(F)c1)c1ccc(OC)cc1. The number of ether oxygens (including phenoxy) is 1. The number of amides is 2. The first-order chi connectivity index (χ1) is 11.9. The molecule has 0 heterocycles. The van der Waals surface area contributed by atoms with Gasteiger partial charge in [0.15, 0.2) is 11.6 Å². The van der Waals surface area contributed by atoms with Crippen LogP contribution in [0.5, 0.6) is 5.75 Å². The predicted molar refractivity (Wildman–Crippen MR) is 92.5 cm³/mol. The van der Waals surface area contributed by atoms with Gasteiger partial charge >= 0.3 is 6.03 Å². The van der Waals surface area contributed by atoms with Crippen molar-refractivity contribution in [2.45, 2.75) is 32.4 Å². The van der Waals surface area contributed by atoms with Gasteiger partial charge in [-0.05, 0) is 48.7 Å². The average molecular weight is 348 g/mol. The van der Waals surface area contributed by atoms with Gasteiger partial charge in [0.25, 0.3) is 0 Å². The molecule has 0 radical (unpaired) electrons. The highest BCUT2D eigenvalue weighted by atomic mass is 19.2. The molecule has 134 valence electrons. The first-order valence-corrected chi connectivity index (χ1v) is 8.10. The standard InChI is InChI=1S/C19H22F2N2O2/c1-4-18(13-5-8-15(25-3)9-6-13)23-19(24)22-12(2)14-7-10-16(20)17(21)11-14/h5-12,18H,4H2,1-3H3,(H2,22,23,24). The molecule has 6 heteroatoms. The van der Waals surface area contributed by atoms with Crippen molar-refractivity contribution in [2.24, 2.45) is 0 Å². The summed E-state index contributed by atoms with van der Waals surface area (Å²) in [7, 11) is 1.59. The quantitative estimate of drug-likeness (QED) is 0.808. The molecule has 4 nitrogen and oxygen atoms in total. The zero-order valence-electron chi connectivity index (χ0n) is 14.5. The van der Waals surface area contributed by atoms with Crippen molar-refractivity contribution >= 4 is 6.03 Å². The number of hydrogen-bond acceptors (Lipinski definition) is 2. The largest absolute Gasteiger partial charge is 0.497 e. The van der Waals surface area contributed by atoms with E-state index in [2.05, 4.69) is 10.6 Å². The summed E-state index contributed by atoms with van der Waals surface area (Å²) < 4.78 is 31.4. The molecule has 0 aliphatic rings. The lowest BCUT2D eigenvalue weighted by Gasteiger charge is -2.21. The Morgan fingerprint density at radius 3 is 2.24 bits per heavy atom. The minimum absolute atomic E-state index is 0.164. The lowest BCUT2D eigenvalue weighted by atomic mass is 10.0. The van der Waals surface area contributed by atoms with E-state index in [0.717, 1.165) is 23.4 Å². The molecule has 25 heavy (non-hydrogen) atoms. The Bertz CT molecular complexity index is 720. The van der Waals surface area contributed by atoms with E-state index in [4.69, 9.17) is 4.74 Å². The second-order valence-electron chi connectivity index (χ2n) is 5.75. The lowest BCUT2D eigenvalue weighted by Crippen LogP contribution is -2.39. The molecular weight excluding hydrogens is 326 g/mol.